The smallest absolute Gasteiger partial charge is 0.0948 e. The zero-order chi connectivity index (χ0) is 22.7. The average molecular weight is 439 g/mol. The van der Waals surface area contributed by atoms with Crippen molar-refractivity contribution in [1.29, 1.82) is 0 Å². The van der Waals surface area contributed by atoms with E-state index in [1.54, 1.807) is 0 Å². The van der Waals surface area contributed by atoms with Crippen LogP contribution in [0.4, 0.5) is 0 Å². The Bertz CT molecular complexity index is 634. The van der Waals surface area contributed by atoms with Gasteiger partial charge in [0.05, 0.1) is 6.33 Å². The molecule has 2 aromatic rings. The monoisotopic (exact) mass is 438 g/mol. The zero-order valence-electron chi connectivity index (χ0n) is 21.2. The summed E-state index contributed by atoms with van der Waals surface area (Å²) in [6.07, 6.45) is 29.6. The average Bonchev–Trinajstić information content (AvgIpc) is 3.34. The first-order valence-electron chi connectivity index (χ1n) is 13.9. The van der Waals surface area contributed by atoms with Gasteiger partial charge in [-0.15, -0.1) is 0 Å². The number of nitrogens with zero attached hydrogens (tertiary/aromatic N) is 2. The van der Waals surface area contributed by atoms with Gasteiger partial charge in [0.2, 0.25) is 0 Å². The van der Waals surface area contributed by atoms with Crippen LogP contribution in [0.3, 0.4) is 0 Å². The van der Waals surface area contributed by atoms with E-state index in [0.717, 1.165) is 0 Å². The second-order valence-electron chi connectivity index (χ2n) is 9.85. The highest BCUT2D eigenvalue weighted by Gasteiger charge is 2.22. The molecule has 2 nitrogen and oxygen atoms in total. The molecule has 0 bridgehead atoms. The largest absolute Gasteiger partial charge is 0.334 e. The summed E-state index contributed by atoms with van der Waals surface area (Å²) in [6.45, 7) is 4.63. The molecule has 0 fully saturated rings. The van der Waals surface area contributed by atoms with E-state index in [1.807, 2.05) is 12.5 Å². The number of hydrogen-bond acceptors (Lipinski definition) is 1. The Balaban J connectivity index is 1.66. The molecule has 32 heavy (non-hydrogen) atoms. The zero-order valence-corrected chi connectivity index (χ0v) is 21.2. The number of aromatic nitrogens is 2. The fourth-order valence-electron chi connectivity index (χ4n) is 5.18. The summed E-state index contributed by atoms with van der Waals surface area (Å²) < 4.78 is 2.39. The van der Waals surface area contributed by atoms with Gasteiger partial charge in [-0.25, -0.2) is 4.98 Å². The van der Waals surface area contributed by atoms with Crippen LogP contribution in [0.5, 0.6) is 0 Å². The van der Waals surface area contributed by atoms with Crippen LogP contribution in [0, 0.1) is 5.92 Å². The minimum atomic E-state index is 0.574. The lowest BCUT2D eigenvalue weighted by atomic mass is 9.85. The van der Waals surface area contributed by atoms with Crippen molar-refractivity contribution >= 4 is 0 Å². The molecule has 0 aliphatic carbocycles. The predicted octanol–water partition coefficient (Wildman–Crippen LogP) is 9.56. The summed E-state index contributed by atoms with van der Waals surface area (Å²) in [5, 5.41) is 0. The van der Waals surface area contributed by atoms with E-state index in [0.29, 0.717) is 12.0 Å². The second kappa shape index (κ2) is 17.9. The van der Waals surface area contributed by atoms with Crippen LogP contribution in [0.15, 0.2) is 49.1 Å². The van der Waals surface area contributed by atoms with Crippen LogP contribution in [-0.2, 0) is 6.42 Å². The van der Waals surface area contributed by atoms with Gasteiger partial charge in [0, 0.05) is 18.4 Å². The topological polar surface area (TPSA) is 17.8 Å². The number of hydrogen-bond donors (Lipinski definition) is 0. The molecular weight excluding hydrogens is 388 g/mol. The maximum Gasteiger partial charge on any atom is 0.0948 e. The van der Waals surface area contributed by atoms with Crippen molar-refractivity contribution < 1.29 is 0 Å². The molecule has 0 radical (unpaired) electrons. The molecule has 1 aromatic carbocycles. The molecule has 0 aliphatic heterocycles. The third-order valence-electron chi connectivity index (χ3n) is 7.06. The standard InChI is InChI=1S/C30H50N2/c1-3-5-6-7-8-9-10-11-12-13-14-15-19-23-30(32-25-24-31-27-32)29(20-4-2)26-28-21-17-16-18-22-28/h16-18,21-22,24-25,27,29-30H,3-15,19-20,23,26H2,1-2H3. The van der Waals surface area contributed by atoms with Crippen LogP contribution < -0.4 is 0 Å². The maximum absolute atomic E-state index is 4.37. The summed E-state index contributed by atoms with van der Waals surface area (Å²) in [5.41, 5.74) is 1.47. The van der Waals surface area contributed by atoms with Gasteiger partial charge in [0.25, 0.3) is 0 Å². The van der Waals surface area contributed by atoms with E-state index in [2.05, 4.69) is 59.9 Å². The minimum Gasteiger partial charge on any atom is -0.334 e. The summed E-state index contributed by atoms with van der Waals surface area (Å²) >= 11 is 0. The first kappa shape index (κ1) is 26.7. The van der Waals surface area contributed by atoms with Gasteiger partial charge in [-0.1, -0.05) is 134 Å². The van der Waals surface area contributed by atoms with Crippen molar-refractivity contribution in [2.24, 2.45) is 5.92 Å². The molecule has 0 spiro atoms. The fourth-order valence-corrected chi connectivity index (χ4v) is 5.18. The molecule has 0 saturated heterocycles. The molecule has 0 amide bonds. The van der Waals surface area contributed by atoms with Crippen molar-refractivity contribution in [2.75, 3.05) is 0 Å². The minimum absolute atomic E-state index is 0.574. The molecule has 1 heterocycles. The van der Waals surface area contributed by atoms with Crippen LogP contribution >= 0.6 is 0 Å². The molecule has 0 saturated carbocycles. The maximum atomic E-state index is 4.37. The molecule has 2 unspecified atom stereocenters. The summed E-state index contributed by atoms with van der Waals surface area (Å²) in [6, 6.07) is 11.6. The third-order valence-corrected chi connectivity index (χ3v) is 7.06. The van der Waals surface area contributed by atoms with Crippen molar-refractivity contribution in [3.05, 3.63) is 54.6 Å². The van der Waals surface area contributed by atoms with Crippen molar-refractivity contribution in [2.45, 2.75) is 129 Å². The Labute approximate surface area is 199 Å². The first-order chi connectivity index (χ1) is 15.8. The lowest BCUT2D eigenvalue weighted by molar-refractivity contribution is 0.280. The Morgan fingerprint density at radius 1 is 0.688 bits per heavy atom. The van der Waals surface area contributed by atoms with Gasteiger partial charge in [-0.05, 0) is 30.7 Å². The molecule has 2 atom stereocenters. The third kappa shape index (κ3) is 11.3. The number of imidazole rings is 1. The van der Waals surface area contributed by atoms with Gasteiger partial charge in [0.1, 0.15) is 0 Å². The van der Waals surface area contributed by atoms with Gasteiger partial charge >= 0.3 is 0 Å². The lowest BCUT2D eigenvalue weighted by Crippen LogP contribution is -2.21. The SMILES string of the molecule is CCCCCCCCCCCCCCCC(C(CCC)Cc1ccccc1)n1ccnc1. The first-order valence-corrected chi connectivity index (χ1v) is 13.9. The molecule has 2 heteroatoms. The molecule has 2 rings (SSSR count). The Morgan fingerprint density at radius 2 is 1.28 bits per heavy atom. The van der Waals surface area contributed by atoms with Gasteiger partial charge < -0.3 is 4.57 Å². The van der Waals surface area contributed by atoms with Crippen LogP contribution in [0.1, 0.15) is 128 Å². The summed E-state index contributed by atoms with van der Waals surface area (Å²) in [5.74, 6) is 0.689. The van der Waals surface area contributed by atoms with E-state index in [9.17, 15) is 0 Å². The quantitative estimate of drug-likeness (QED) is 0.188. The van der Waals surface area contributed by atoms with E-state index >= 15 is 0 Å². The van der Waals surface area contributed by atoms with Crippen molar-refractivity contribution in [1.82, 2.24) is 9.55 Å². The van der Waals surface area contributed by atoms with E-state index in [1.165, 1.54) is 115 Å². The molecule has 1 aromatic heterocycles. The van der Waals surface area contributed by atoms with Crippen molar-refractivity contribution in [3.8, 4) is 0 Å². The van der Waals surface area contributed by atoms with Crippen LogP contribution in [0.25, 0.3) is 0 Å². The van der Waals surface area contributed by atoms with E-state index < -0.39 is 0 Å². The highest BCUT2D eigenvalue weighted by atomic mass is 15.1. The lowest BCUT2D eigenvalue weighted by Gasteiger charge is -2.28. The van der Waals surface area contributed by atoms with Crippen LogP contribution in [0.2, 0.25) is 0 Å². The number of rotatable bonds is 20. The molecule has 0 N–H and O–H groups in total. The predicted molar refractivity (Wildman–Crippen MR) is 140 cm³/mol. The number of unbranched alkanes of at least 4 members (excludes halogenated alkanes) is 12. The Morgan fingerprint density at radius 3 is 1.81 bits per heavy atom. The molecular formula is C30H50N2. The number of benzene rings is 1. The highest BCUT2D eigenvalue weighted by Crippen LogP contribution is 2.31. The highest BCUT2D eigenvalue weighted by molar-refractivity contribution is 5.15. The van der Waals surface area contributed by atoms with Crippen LogP contribution in [-0.4, -0.2) is 9.55 Å². The second-order valence-corrected chi connectivity index (χ2v) is 9.85. The fraction of sp³-hybridized carbons (Fsp3) is 0.700. The van der Waals surface area contributed by atoms with E-state index in [-0.39, 0.29) is 0 Å². The van der Waals surface area contributed by atoms with Crippen molar-refractivity contribution in [3.63, 3.8) is 0 Å². The van der Waals surface area contributed by atoms with Gasteiger partial charge in [-0.3, -0.25) is 0 Å². The molecule has 180 valence electrons. The summed E-state index contributed by atoms with van der Waals surface area (Å²) in [7, 11) is 0. The Kier molecular flexibility index (Phi) is 14.9. The van der Waals surface area contributed by atoms with E-state index in [4.69, 9.17) is 0 Å². The van der Waals surface area contributed by atoms with Gasteiger partial charge in [0.15, 0.2) is 0 Å². The molecule has 0 aliphatic rings. The normalized spacial score (nSPS) is 13.3. The Hall–Kier alpha value is -1.57. The summed E-state index contributed by atoms with van der Waals surface area (Å²) in [4.78, 5) is 4.37. The van der Waals surface area contributed by atoms with Gasteiger partial charge in [-0.2, -0.15) is 0 Å².